The number of fused-ring (bicyclic) bond motifs is 1. The number of hydrogen-bond acceptors (Lipinski definition) is 4. The van der Waals surface area contributed by atoms with Crippen molar-refractivity contribution in [1.29, 1.82) is 0 Å². The van der Waals surface area contributed by atoms with Crippen LogP contribution in [-0.4, -0.2) is 47.5 Å². The Balaban J connectivity index is 1.89. The van der Waals surface area contributed by atoms with Gasteiger partial charge in [0.1, 0.15) is 18.7 Å². The summed E-state index contributed by atoms with van der Waals surface area (Å²) in [7, 11) is 3.59. The number of carbonyl (C=O) groups is 1. The molecule has 3 rings (SSSR count). The molecule has 2 aromatic carbocycles. The fourth-order valence-corrected chi connectivity index (χ4v) is 4.20. The summed E-state index contributed by atoms with van der Waals surface area (Å²) in [6.45, 7) is 3.22. The predicted molar refractivity (Wildman–Crippen MR) is 123 cm³/mol. The molecule has 33 heavy (non-hydrogen) atoms. The smallest absolute Gasteiger partial charge is 0.373 e. The van der Waals surface area contributed by atoms with Gasteiger partial charge in [0, 0.05) is 31.6 Å². The van der Waals surface area contributed by atoms with Crippen LogP contribution in [0.15, 0.2) is 24.3 Å². The monoisotopic (exact) mass is 501 g/mol. The fourth-order valence-electron chi connectivity index (χ4n) is 3.64. The van der Waals surface area contributed by atoms with Gasteiger partial charge in [-0.15, -0.1) is 0 Å². The molecule has 0 bridgehead atoms. The van der Waals surface area contributed by atoms with E-state index < -0.39 is 11.7 Å². The summed E-state index contributed by atoms with van der Waals surface area (Å²) in [5, 5.41) is 0.948. The van der Waals surface area contributed by atoms with Crippen LogP contribution in [0.2, 0.25) is 10.0 Å². The molecule has 0 aliphatic carbocycles. The van der Waals surface area contributed by atoms with Gasteiger partial charge in [-0.1, -0.05) is 29.3 Å². The zero-order valence-corrected chi connectivity index (χ0v) is 20.0. The lowest BCUT2D eigenvalue weighted by atomic mass is 10.1. The minimum Gasteiger partial charge on any atom is -0.373 e. The lowest BCUT2D eigenvalue weighted by Crippen LogP contribution is -2.23. The minimum atomic E-state index is -4.44. The number of imidazole rings is 1. The number of aromatic nitrogens is 2. The first kappa shape index (κ1) is 25.5. The van der Waals surface area contributed by atoms with Crippen LogP contribution in [0.1, 0.15) is 28.1 Å². The van der Waals surface area contributed by atoms with E-state index in [4.69, 9.17) is 27.9 Å². The van der Waals surface area contributed by atoms with E-state index in [-0.39, 0.29) is 13.0 Å². The lowest BCUT2D eigenvalue weighted by Gasteiger charge is -2.19. The molecule has 0 saturated heterocycles. The van der Waals surface area contributed by atoms with Gasteiger partial charge in [0.15, 0.2) is 0 Å². The van der Waals surface area contributed by atoms with Crippen molar-refractivity contribution in [2.45, 2.75) is 26.1 Å². The summed E-state index contributed by atoms with van der Waals surface area (Å²) in [6, 6.07) is 5.81. The largest absolute Gasteiger partial charge is 0.416 e. The molecule has 10 heteroatoms. The van der Waals surface area contributed by atoms with E-state index in [1.54, 1.807) is 24.6 Å². The summed E-state index contributed by atoms with van der Waals surface area (Å²) in [6.07, 6.45) is -3.47. The van der Waals surface area contributed by atoms with Crippen LogP contribution in [0.3, 0.4) is 0 Å². The SMILES string of the molecule is Cc1cc(C(F)(F)F)cc2c1nc(Cc1c(Cl)ccc(CN(C)CCOCC=O)c1Cl)n2C. The molecule has 1 aromatic heterocycles. The second-order valence-corrected chi connectivity index (χ2v) is 8.69. The van der Waals surface area contributed by atoms with Crippen molar-refractivity contribution < 1.29 is 22.7 Å². The first-order valence-electron chi connectivity index (χ1n) is 10.2. The van der Waals surface area contributed by atoms with Gasteiger partial charge in [0.25, 0.3) is 0 Å². The number of alkyl halides is 3. The second kappa shape index (κ2) is 10.4. The molecule has 5 nitrogen and oxygen atoms in total. The molecule has 0 radical (unpaired) electrons. The van der Waals surface area contributed by atoms with E-state index in [2.05, 4.69) is 4.98 Å². The average molecular weight is 502 g/mol. The van der Waals surface area contributed by atoms with Crippen molar-refractivity contribution in [1.82, 2.24) is 14.5 Å². The van der Waals surface area contributed by atoms with Crippen molar-refractivity contribution in [3.05, 3.63) is 62.4 Å². The number of aryl methyl sites for hydroxylation is 2. The predicted octanol–water partition coefficient (Wildman–Crippen LogP) is 5.45. The van der Waals surface area contributed by atoms with E-state index in [0.717, 1.165) is 17.7 Å². The lowest BCUT2D eigenvalue weighted by molar-refractivity contribution is -0.137. The second-order valence-electron chi connectivity index (χ2n) is 7.90. The molecule has 0 fully saturated rings. The van der Waals surface area contributed by atoms with Gasteiger partial charge < -0.3 is 14.1 Å². The summed E-state index contributed by atoms with van der Waals surface area (Å²) >= 11 is 13.1. The number of ether oxygens (including phenoxy) is 1. The molecule has 0 aliphatic rings. The van der Waals surface area contributed by atoms with Crippen LogP contribution >= 0.6 is 23.2 Å². The molecule has 178 valence electrons. The maximum atomic E-state index is 13.3. The first-order chi connectivity index (χ1) is 15.5. The molecule has 3 aromatic rings. The number of carbonyl (C=O) groups excluding carboxylic acids is 1. The summed E-state index contributed by atoms with van der Waals surface area (Å²) < 4.78 is 46.6. The average Bonchev–Trinajstić information content (AvgIpc) is 3.06. The van der Waals surface area contributed by atoms with E-state index >= 15 is 0 Å². The first-order valence-corrected chi connectivity index (χ1v) is 11.0. The Hall–Kier alpha value is -2.13. The normalized spacial score (nSPS) is 12.2. The van der Waals surface area contributed by atoms with Gasteiger partial charge >= 0.3 is 6.18 Å². The Morgan fingerprint density at radius 1 is 1.24 bits per heavy atom. The van der Waals surface area contributed by atoms with E-state index in [1.807, 2.05) is 18.0 Å². The maximum Gasteiger partial charge on any atom is 0.416 e. The molecule has 0 N–H and O–H groups in total. The van der Waals surface area contributed by atoms with Crippen molar-refractivity contribution in [3.63, 3.8) is 0 Å². The quantitative estimate of drug-likeness (QED) is 0.289. The van der Waals surface area contributed by atoms with Crippen LogP contribution in [0.5, 0.6) is 0 Å². The molecule has 0 amide bonds. The van der Waals surface area contributed by atoms with E-state index in [9.17, 15) is 18.0 Å². The summed E-state index contributed by atoms with van der Waals surface area (Å²) in [5.74, 6) is 0.559. The van der Waals surface area contributed by atoms with Gasteiger partial charge in [0.2, 0.25) is 0 Å². The number of halogens is 5. The van der Waals surface area contributed by atoms with Crippen LogP contribution in [0.25, 0.3) is 11.0 Å². The molecule has 0 atom stereocenters. The van der Waals surface area contributed by atoms with E-state index in [0.29, 0.717) is 64.0 Å². The summed E-state index contributed by atoms with van der Waals surface area (Å²) in [4.78, 5) is 16.9. The number of benzene rings is 2. The molecule has 0 saturated carbocycles. The molecule has 0 spiro atoms. The van der Waals surface area contributed by atoms with Crippen molar-refractivity contribution >= 4 is 40.5 Å². The highest BCUT2D eigenvalue weighted by molar-refractivity contribution is 6.36. The van der Waals surface area contributed by atoms with E-state index in [1.165, 1.54) is 0 Å². The van der Waals surface area contributed by atoms with Crippen LogP contribution in [0.4, 0.5) is 13.2 Å². The highest BCUT2D eigenvalue weighted by atomic mass is 35.5. The molecular weight excluding hydrogens is 478 g/mol. The third kappa shape index (κ3) is 5.87. The summed E-state index contributed by atoms with van der Waals surface area (Å²) in [5.41, 5.74) is 2.16. The minimum absolute atomic E-state index is 0.0572. The van der Waals surface area contributed by atoms with Gasteiger partial charge in [-0.3, -0.25) is 4.90 Å². The molecule has 0 aliphatic heterocycles. The Labute approximate surface area is 200 Å². The third-order valence-electron chi connectivity index (χ3n) is 5.44. The maximum absolute atomic E-state index is 13.3. The Kier molecular flexibility index (Phi) is 8.05. The number of nitrogens with zero attached hydrogens (tertiary/aromatic N) is 3. The van der Waals surface area contributed by atoms with Gasteiger partial charge in [-0.2, -0.15) is 13.2 Å². The third-order valence-corrected chi connectivity index (χ3v) is 6.27. The van der Waals surface area contributed by atoms with Crippen molar-refractivity contribution in [2.24, 2.45) is 7.05 Å². The van der Waals surface area contributed by atoms with Crippen molar-refractivity contribution in [2.75, 3.05) is 26.8 Å². The van der Waals surface area contributed by atoms with Crippen LogP contribution in [-0.2, 0) is 35.7 Å². The number of aldehydes is 1. The zero-order valence-electron chi connectivity index (χ0n) is 18.5. The highest BCUT2D eigenvalue weighted by Crippen LogP contribution is 2.35. The standard InChI is InChI=1S/C23H24Cl2F3N3O2/c1-14-10-16(23(26,27)28)11-19-22(14)29-20(31(19)3)12-17-18(24)5-4-15(21(17)25)13-30(2)6-8-33-9-7-32/h4-5,7,10-11H,6,8-9,12-13H2,1-3H3. The topological polar surface area (TPSA) is 47.4 Å². The van der Waals surface area contributed by atoms with Gasteiger partial charge in [-0.05, 0) is 48.9 Å². The molecule has 1 heterocycles. The number of likely N-dealkylation sites (N-methyl/N-ethyl adjacent to an activating group) is 1. The number of rotatable bonds is 9. The van der Waals surface area contributed by atoms with Crippen LogP contribution < -0.4 is 0 Å². The molecule has 0 unspecified atom stereocenters. The van der Waals surface area contributed by atoms with Gasteiger partial charge in [-0.25, -0.2) is 4.98 Å². The van der Waals surface area contributed by atoms with Crippen molar-refractivity contribution in [3.8, 4) is 0 Å². The number of hydrogen-bond donors (Lipinski definition) is 0. The zero-order chi connectivity index (χ0) is 24.3. The van der Waals surface area contributed by atoms with Gasteiger partial charge in [0.05, 0.1) is 28.2 Å². The fraction of sp³-hybridized carbons (Fsp3) is 0.391. The Bertz CT molecular complexity index is 1160. The highest BCUT2D eigenvalue weighted by Gasteiger charge is 2.32. The molecular formula is C23H24Cl2F3N3O2. The van der Waals surface area contributed by atoms with Crippen LogP contribution in [0, 0.1) is 6.92 Å². The Morgan fingerprint density at radius 3 is 2.64 bits per heavy atom. The Morgan fingerprint density at radius 2 is 1.97 bits per heavy atom.